The lowest BCUT2D eigenvalue weighted by Gasteiger charge is -2.32. The summed E-state index contributed by atoms with van der Waals surface area (Å²) in [5.41, 5.74) is 31.8. The van der Waals surface area contributed by atoms with Crippen LogP contribution in [0.15, 0.2) is 251 Å². The summed E-state index contributed by atoms with van der Waals surface area (Å²) in [5, 5.41) is 4.46. The number of fused-ring (bicyclic) bond motifs is 12. The fourth-order valence-electron chi connectivity index (χ4n) is 14.9. The van der Waals surface area contributed by atoms with Crippen molar-refractivity contribution in [3.05, 3.63) is 287 Å². The van der Waals surface area contributed by atoms with Crippen molar-refractivity contribution >= 4 is 78.0 Å². The van der Waals surface area contributed by atoms with E-state index in [1.807, 2.05) is 0 Å². The molecule has 0 bridgehead atoms. The van der Waals surface area contributed by atoms with Gasteiger partial charge in [-0.25, -0.2) is 0 Å². The largest absolute Gasteiger partial charge is 0.455 e. The monoisotopic (exact) mass is 1110 g/mol. The van der Waals surface area contributed by atoms with Crippen LogP contribution in [0.2, 0.25) is 0 Å². The molecule has 86 heavy (non-hydrogen) atoms. The van der Waals surface area contributed by atoms with E-state index in [9.17, 15) is 0 Å². The summed E-state index contributed by atoms with van der Waals surface area (Å²) >= 11 is 0. The highest BCUT2D eigenvalue weighted by Gasteiger charge is 2.38. The zero-order chi connectivity index (χ0) is 58.3. The summed E-state index contributed by atoms with van der Waals surface area (Å²) in [5.74, 6) is 0. The Hall–Kier alpha value is -10.2. The summed E-state index contributed by atoms with van der Waals surface area (Å²) in [4.78, 5) is 5.03. The van der Waals surface area contributed by atoms with Crippen LogP contribution >= 0.6 is 0 Å². The smallest absolute Gasteiger partial charge is 0.143 e. The zero-order valence-corrected chi connectivity index (χ0v) is 49.8. The van der Waals surface area contributed by atoms with E-state index < -0.39 is 0 Å². The van der Waals surface area contributed by atoms with Crippen molar-refractivity contribution in [1.29, 1.82) is 0 Å². The van der Waals surface area contributed by atoms with E-state index >= 15 is 0 Å². The molecule has 0 fully saturated rings. The normalized spacial score (nSPS) is 13.5. The van der Waals surface area contributed by atoms with Crippen LogP contribution in [0, 0.1) is 27.7 Å². The van der Waals surface area contributed by atoms with Gasteiger partial charge in [0.2, 0.25) is 0 Å². The standard InChI is InChI=1S/C82H64N2O2/c1-49-21-17-27-63(67-31-19-29-65-61-25-11-15-35-75(61)85-79(65)67)77(49)83(55-39-41-59-57-23-9-13-33-69(57)81(5,6)71(59)47-55)73-43-37-53(45-51(73)3)54-38-44-74(52(4)46-54)84(56-40-42-60-58-24-10-14-34-70(58)82(7,8)72(60)48-56)78-50(2)22-18-28-64(78)68-32-20-30-66-62-26-12-16-36-76(62)86-80(66)68/h9-48H,1-8H3. The summed E-state index contributed by atoms with van der Waals surface area (Å²) in [7, 11) is 0. The molecule has 2 aromatic heterocycles. The first kappa shape index (κ1) is 51.5. The number of para-hydroxylation sites is 6. The van der Waals surface area contributed by atoms with Crippen molar-refractivity contribution in [1.82, 2.24) is 0 Å². The molecule has 0 saturated carbocycles. The molecule has 0 aliphatic heterocycles. The molecule has 2 heterocycles. The van der Waals surface area contributed by atoms with Crippen LogP contribution in [0.5, 0.6) is 0 Å². The third-order valence-corrected chi connectivity index (χ3v) is 19.2. The van der Waals surface area contributed by atoms with E-state index in [0.29, 0.717) is 0 Å². The molecule has 0 radical (unpaired) electrons. The van der Waals surface area contributed by atoms with Gasteiger partial charge in [0, 0.05) is 77.4 Å². The molecule has 0 N–H and O–H groups in total. The van der Waals surface area contributed by atoms with Crippen LogP contribution in [0.1, 0.15) is 72.2 Å². The van der Waals surface area contributed by atoms with Gasteiger partial charge in [0.15, 0.2) is 0 Å². The van der Waals surface area contributed by atoms with E-state index in [-0.39, 0.29) is 10.8 Å². The van der Waals surface area contributed by atoms with Crippen molar-refractivity contribution in [3.63, 3.8) is 0 Å². The number of aryl methyl sites for hydroxylation is 4. The van der Waals surface area contributed by atoms with Gasteiger partial charge in [-0.1, -0.05) is 210 Å². The number of rotatable bonds is 9. The topological polar surface area (TPSA) is 32.8 Å². The third kappa shape index (κ3) is 7.68. The molecule has 414 valence electrons. The molecule has 0 spiro atoms. The molecule has 4 nitrogen and oxygen atoms in total. The van der Waals surface area contributed by atoms with E-state index in [1.54, 1.807) is 0 Å². The molecule has 0 saturated heterocycles. The van der Waals surface area contributed by atoms with Gasteiger partial charge < -0.3 is 18.6 Å². The number of anilines is 6. The van der Waals surface area contributed by atoms with Crippen molar-refractivity contribution < 1.29 is 8.83 Å². The molecule has 0 amide bonds. The minimum Gasteiger partial charge on any atom is -0.455 e. The Kier molecular flexibility index (Phi) is 11.5. The Labute approximate surface area is 502 Å². The molecule has 14 aromatic rings. The van der Waals surface area contributed by atoms with Gasteiger partial charge in [-0.3, -0.25) is 0 Å². The van der Waals surface area contributed by atoms with Gasteiger partial charge in [-0.15, -0.1) is 0 Å². The Balaban J connectivity index is 0.852. The summed E-state index contributed by atoms with van der Waals surface area (Å²) < 4.78 is 13.6. The van der Waals surface area contributed by atoms with Gasteiger partial charge in [-0.05, 0) is 166 Å². The fourth-order valence-corrected chi connectivity index (χ4v) is 14.9. The van der Waals surface area contributed by atoms with Crippen LogP contribution in [0.25, 0.3) is 99.5 Å². The number of hydrogen-bond donors (Lipinski definition) is 0. The first-order valence-electron chi connectivity index (χ1n) is 30.1. The van der Waals surface area contributed by atoms with Crippen molar-refractivity contribution in [2.24, 2.45) is 0 Å². The quantitative estimate of drug-likeness (QED) is 0.144. The second kappa shape index (κ2) is 19.2. The third-order valence-electron chi connectivity index (χ3n) is 19.2. The highest BCUT2D eigenvalue weighted by molar-refractivity contribution is 6.13. The molecule has 16 rings (SSSR count). The second-order valence-corrected chi connectivity index (χ2v) is 25.0. The van der Waals surface area contributed by atoms with Crippen LogP contribution in [-0.4, -0.2) is 0 Å². The van der Waals surface area contributed by atoms with E-state index in [2.05, 4.69) is 308 Å². The second-order valence-electron chi connectivity index (χ2n) is 25.0. The molecular formula is C82H64N2O2. The highest BCUT2D eigenvalue weighted by atomic mass is 16.3. The van der Waals surface area contributed by atoms with Crippen molar-refractivity contribution in [3.8, 4) is 55.6 Å². The summed E-state index contributed by atoms with van der Waals surface area (Å²) in [6.45, 7) is 18.5. The van der Waals surface area contributed by atoms with Crippen molar-refractivity contribution in [2.75, 3.05) is 9.80 Å². The molecule has 0 unspecified atom stereocenters. The Morgan fingerprint density at radius 3 is 1.08 bits per heavy atom. The number of hydrogen-bond acceptors (Lipinski definition) is 4. The average molecular weight is 1110 g/mol. The van der Waals surface area contributed by atoms with E-state index in [0.717, 1.165) is 123 Å². The Bertz CT molecular complexity index is 4820. The highest BCUT2D eigenvalue weighted by Crippen LogP contribution is 2.55. The van der Waals surface area contributed by atoms with E-state index in [1.165, 1.54) is 55.6 Å². The Morgan fingerprint density at radius 2 is 0.640 bits per heavy atom. The number of nitrogens with zero attached hydrogens (tertiary/aromatic N) is 2. The van der Waals surface area contributed by atoms with Crippen LogP contribution in [0.3, 0.4) is 0 Å². The number of furan rings is 2. The lowest BCUT2D eigenvalue weighted by atomic mass is 9.82. The average Bonchev–Trinajstić information content (AvgIpc) is 1.58. The van der Waals surface area contributed by atoms with Gasteiger partial charge in [0.05, 0.1) is 11.4 Å². The molecule has 0 atom stereocenters. The minimum atomic E-state index is -0.188. The van der Waals surface area contributed by atoms with Gasteiger partial charge in [0.25, 0.3) is 0 Å². The lowest BCUT2D eigenvalue weighted by Crippen LogP contribution is -2.18. The maximum atomic E-state index is 6.79. The summed E-state index contributed by atoms with van der Waals surface area (Å²) in [6.07, 6.45) is 0. The number of benzene rings is 12. The fraction of sp³-hybridized carbons (Fsp3) is 0.122. The van der Waals surface area contributed by atoms with Crippen LogP contribution < -0.4 is 9.80 Å². The maximum Gasteiger partial charge on any atom is 0.143 e. The molecular weight excluding hydrogens is 1040 g/mol. The first-order chi connectivity index (χ1) is 41.8. The van der Waals surface area contributed by atoms with Crippen LogP contribution in [-0.2, 0) is 10.8 Å². The molecule has 2 aliphatic carbocycles. The SMILES string of the molecule is Cc1cc(-c2ccc(N(c3ccc4c(c3)C(C)(C)c3ccccc3-4)c3c(C)cccc3-c3cccc4c3oc3ccccc34)c(C)c2)ccc1N(c1ccc2c(c1)C(C)(C)c1ccccc1-2)c1c(C)cccc1-c1cccc2c1oc1ccccc12. The van der Waals surface area contributed by atoms with Gasteiger partial charge in [-0.2, -0.15) is 0 Å². The first-order valence-corrected chi connectivity index (χ1v) is 30.1. The van der Waals surface area contributed by atoms with Gasteiger partial charge >= 0.3 is 0 Å². The van der Waals surface area contributed by atoms with E-state index in [4.69, 9.17) is 8.83 Å². The zero-order valence-electron chi connectivity index (χ0n) is 49.8. The van der Waals surface area contributed by atoms with Gasteiger partial charge in [0.1, 0.15) is 22.3 Å². The molecule has 12 aromatic carbocycles. The minimum absolute atomic E-state index is 0.188. The predicted molar refractivity (Wildman–Crippen MR) is 361 cm³/mol. The predicted octanol–water partition coefficient (Wildman–Crippen LogP) is 23.3. The van der Waals surface area contributed by atoms with Crippen LogP contribution in [0.4, 0.5) is 34.1 Å². The Morgan fingerprint density at radius 1 is 0.279 bits per heavy atom. The summed E-state index contributed by atoms with van der Waals surface area (Å²) in [6, 6.07) is 89.5. The maximum absolute atomic E-state index is 6.79. The van der Waals surface area contributed by atoms with Crippen molar-refractivity contribution in [2.45, 2.75) is 66.2 Å². The molecule has 2 aliphatic rings. The lowest BCUT2D eigenvalue weighted by molar-refractivity contribution is 0.660. The molecule has 4 heteroatoms.